The maximum atomic E-state index is 6.13. The van der Waals surface area contributed by atoms with Gasteiger partial charge in [-0.1, -0.05) is 103 Å². The van der Waals surface area contributed by atoms with Crippen LogP contribution >= 0.6 is 11.3 Å². The topological polar surface area (TPSA) is 21.3 Å². The first-order valence-corrected chi connectivity index (χ1v) is 18.4. The third-order valence-electron chi connectivity index (χ3n) is 10.4. The molecule has 0 spiro atoms. The highest BCUT2D eigenvalue weighted by molar-refractivity contribution is 7.26. The molecule has 0 unspecified atom stereocenters. The molecule has 0 atom stereocenters. The predicted octanol–water partition coefficient (Wildman–Crippen LogP) is 14.2. The lowest BCUT2D eigenvalue weighted by atomic mass is 10.0. The minimum atomic E-state index is 0.909. The minimum Gasteiger partial charge on any atom is -0.456 e. The van der Waals surface area contributed by atoms with Gasteiger partial charge in [0.05, 0.1) is 16.7 Å². The number of aromatic nitrogens is 1. The van der Waals surface area contributed by atoms with Crippen molar-refractivity contribution in [2.75, 3.05) is 4.90 Å². The number of rotatable bonds is 5. The van der Waals surface area contributed by atoms with Crippen molar-refractivity contribution in [2.24, 2.45) is 0 Å². The molecule has 0 bridgehead atoms. The van der Waals surface area contributed by atoms with Gasteiger partial charge in [-0.25, -0.2) is 0 Å². The Hall–Kier alpha value is -6.62. The smallest absolute Gasteiger partial charge is 0.135 e. The van der Waals surface area contributed by atoms with E-state index in [1.807, 2.05) is 23.5 Å². The molecule has 3 nitrogen and oxygen atoms in total. The second-order valence-corrected chi connectivity index (χ2v) is 14.4. The van der Waals surface area contributed by atoms with Gasteiger partial charge in [0.1, 0.15) is 11.2 Å². The van der Waals surface area contributed by atoms with Gasteiger partial charge >= 0.3 is 0 Å². The van der Waals surface area contributed by atoms with Crippen LogP contribution in [0.25, 0.3) is 80.7 Å². The van der Waals surface area contributed by atoms with E-state index in [9.17, 15) is 0 Å². The van der Waals surface area contributed by atoms with Gasteiger partial charge in [0, 0.05) is 58.8 Å². The number of fused-ring (bicyclic) bond motifs is 9. The minimum absolute atomic E-state index is 0.909. The van der Waals surface area contributed by atoms with Crippen molar-refractivity contribution < 1.29 is 4.42 Å². The Kier molecular flexibility index (Phi) is 6.42. The van der Waals surface area contributed by atoms with Crippen molar-refractivity contribution in [3.63, 3.8) is 0 Å². The number of anilines is 3. The van der Waals surface area contributed by atoms with E-state index in [0.717, 1.165) is 55.8 Å². The fourth-order valence-electron chi connectivity index (χ4n) is 8.03. The normalized spacial score (nSPS) is 11.8. The van der Waals surface area contributed by atoms with E-state index in [0.29, 0.717) is 0 Å². The lowest BCUT2D eigenvalue weighted by Crippen LogP contribution is -2.10. The summed E-state index contributed by atoms with van der Waals surface area (Å²) in [5, 5.41) is 7.31. The molecule has 0 amide bonds. The van der Waals surface area contributed by atoms with Crippen molar-refractivity contribution in [2.45, 2.75) is 0 Å². The first-order chi connectivity index (χ1) is 25.8. The Morgan fingerprint density at radius 1 is 0.423 bits per heavy atom. The monoisotopic (exact) mass is 682 g/mol. The summed E-state index contributed by atoms with van der Waals surface area (Å²) in [4.78, 5) is 2.44. The molecule has 0 fully saturated rings. The van der Waals surface area contributed by atoms with Crippen LogP contribution in [0.5, 0.6) is 0 Å². The molecule has 0 aliphatic rings. The summed E-state index contributed by atoms with van der Waals surface area (Å²) in [7, 11) is 0. The van der Waals surface area contributed by atoms with Crippen LogP contribution in [-0.2, 0) is 0 Å². The Bertz CT molecular complexity index is 3130. The summed E-state index contributed by atoms with van der Waals surface area (Å²) in [6.45, 7) is 0. The van der Waals surface area contributed by atoms with Gasteiger partial charge in [-0.2, -0.15) is 0 Å². The zero-order valence-corrected chi connectivity index (χ0v) is 28.8. The van der Waals surface area contributed by atoms with Gasteiger partial charge in [-0.3, -0.25) is 0 Å². The molecule has 0 aliphatic carbocycles. The molecule has 0 N–H and O–H groups in total. The molecule has 0 aliphatic heterocycles. The zero-order valence-electron chi connectivity index (χ0n) is 28.0. The summed E-state index contributed by atoms with van der Waals surface area (Å²) < 4.78 is 11.1. The molecule has 52 heavy (non-hydrogen) atoms. The molecule has 244 valence electrons. The molecule has 0 saturated heterocycles. The largest absolute Gasteiger partial charge is 0.456 e. The van der Waals surface area contributed by atoms with Crippen molar-refractivity contribution in [1.29, 1.82) is 0 Å². The molecule has 0 saturated carbocycles. The highest BCUT2D eigenvalue weighted by atomic mass is 32.1. The van der Waals surface area contributed by atoms with Crippen LogP contribution in [0.3, 0.4) is 0 Å². The lowest BCUT2D eigenvalue weighted by Gasteiger charge is -2.27. The van der Waals surface area contributed by atoms with Crippen LogP contribution in [0.4, 0.5) is 17.1 Å². The summed E-state index contributed by atoms with van der Waals surface area (Å²) in [5.41, 5.74) is 11.0. The Morgan fingerprint density at radius 2 is 1.10 bits per heavy atom. The van der Waals surface area contributed by atoms with E-state index in [-0.39, 0.29) is 0 Å². The van der Waals surface area contributed by atoms with E-state index in [2.05, 4.69) is 179 Å². The van der Waals surface area contributed by atoms with Crippen molar-refractivity contribution >= 4 is 92.3 Å². The summed E-state index contributed by atoms with van der Waals surface area (Å²) >= 11 is 1.85. The number of thiophene rings is 1. The molecule has 4 heteroatoms. The van der Waals surface area contributed by atoms with E-state index in [1.54, 1.807) is 0 Å². The quantitative estimate of drug-likeness (QED) is 0.180. The fourth-order valence-corrected chi connectivity index (χ4v) is 9.16. The van der Waals surface area contributed by atoms with Crippen LogP contribution in [0.15, 0.2) is 186 Å². The third-order valence-corrected chi connectivity index (χ3v) is 11.5. The second kappa shape index (κ2) is 11.5. The summed E-state index contributed by atoms with van der Waals surface area (Å²) in [6.07, 6.45) is 0. The number of hydrogen-bond acceptors (Lipinski definition) is 3. The maximum Gasteiger partial charge on any atom is 0.135 e. The van der Waals surface area contributed by atoms with Crippen LogP contribution in [0.2, 0.25) is 0 Å². The van der Waals surface area contributed by atoms with E-state index in [1.165, 1.54) is 42.0 Å². The van der Waals surface area contributed by atoms with Crippen LogP contribution in [0.1, 0.15) is 0 Å². The van der Waals surface area contributed by atoms with Gasteiger partial charge < -0.3 is 13.9 Å². The number of para-hydroxylation sites is 3. The van der Waals surface area contributed by atoms with Crippen molar-refractivity contribution in [3.8, 4) is 16.8 Å². The summed E-state index contributed by atoms with van der Waals surface area (Å²) in [5.74, 6) is 0. The van der Waals surface area contributed by atoms with Gasteiger partial charge in [0.15, 0.2) is 0 Å². The highest BCUT2D eigenvalue weighted by Gasteiger charge is 2.21. The first-order valence-electron chi connectivity index (χ1n) is 17.6. The molecule has 8 aromatic carbocycles. The standard InChI is InChI=1S/C48H30N2OS/c1-2-11-33(12-3-1)50-41-16-7-4-13-36(41)37-27-26-35(30-43(37)50)49(42-17-10-20-47-48(42)39-15-6-9-19-46(39)52-47)34-24-21-31(22-25-34)32-23-28-45-40(29-32)38-14-5-8-18-44(38)51-45/h1-30H. The predicted molar refractivity (Wildman–Crippen MR) is 221 cm³/mol. The maximum absolute atomic E-state index is 6.13. The number of furan rings is 1. The number of nitrogens with zero attached hydrogens (tertiary/aromatic N) is 2. The first kappa shape index (κ1) is 29.1. The van der Waals surface area contributed by atoms with Crippen molar-refractivity contribution in [3.05, 3.63) is 182 Å². The zero-order chi connectivity index (χ0) is 34.2. The van der Waals surface area contributed by atoms with E-state index < -0.39 is 0 Å². The number of hydrogen-bond donors (Lipinski definition) is 0. The lowest BCUT2D eigenvalue weighted by molar-refractivity contribution is 0.669. The van der Waals surface area contributed by atoms with Gasteiger partial charge in [0.2, 0.25) is 0 Å². The fraction of sp³-hybridized carbons (Fsp3) is 0. The Balaban J connectivity index is 1.13. The summed E-state index contributed by atoms with van der Waals surface area (Å²) in [6, 6.07) is 65.6. The Labute approximate surface area is 303 Å². The van der Waals surface area contributed by atoms with E-state index in [4.69, 9.17) is 4.42 Å². The molecular weight excluding hydrogens is 653 g/mol. The molecule has 0 radical (unpaired) electrons. The molecular formula is C48H30N2OS. The van der Waals surface area contributed by atoms with Crippen LogP contribution in [-0.4, -0.2) is 4.57 Å². The molecule has 11 rings (SSSR count). The molecule has 3 heterocycles. The van der Waals surface area contributed by atoms with Gasteiger partial charge in [-0.15, -0.1) is 11.3 Å². The molecule has 11 aromatic rings. The highest BCUT2D eigenvalue weighted by Crippen LogP contribution is 2.46. The SMILES string of the molecule is c1ccc(-n2c3ccccc3c3ccc(N(c4ccc(-c5ccc6oc7ccccc7c6c5)cc4)c4cccc5sc6ccccc6c45)cc32)cc1. The molecule has 3 aromatic heterocycles. The third kappa shape index (κ3) is 4.45. The number of benzene rings is 8. The van der Waals surface area contributed by atoms with Crippen molar-refractivity contribution in [1.82, 2.24) is 4.57 Å². The van der Waals surface area contributed by atoms with Crippen LogP contribution < -0.4 is 4.90 Å². The Morgan fingerprint density at radius 3 is 1.98 bits per heavy atom. The van der Waals surface area contributed by atoms with Gasteiger partial charge in [-0.05, 0) is 90.0 Å². The van der Waals surface area contributed by atoms with Gasteiger partial charge in [0.25, 0.3) is 0 Å². The average Bonchev–Trinajstić information content (AvgIpc) is 3.88. The average molecular weight is 683 g/mol. The van der Waals surface area contributed by atoms with E-state index >= 15 is 0 Å². The van der Waals surface area contributed by atoms with Crippen LogP contribution in [0, 0.1) is 0 Å². The second-order valence-electron chi connectivity index (χ2n) is 13.3.